The molecule has 0 spiro atoms. The van der Waals surface area contributed by atoms with Gasteiger partial charge in [-0.1, -0.05) is 45.9 Å². The lowest BCUT2D eigenvalue weighted by molar-refractivity contribution is -0.385. The third kappa shape index (κ3) is 5.56. The zero-order chi connectivity index (χ0) is 25.3. The summed E-state index contributed by atoms with van der Waals surface area (Å²) in [5.74, 6) is 0.353. The Hall–Kier alpha value is -2.56. The summed E-state index contributed by atoms with van der Waals surface area (Å²) in [6.45, 7) is 14.9. The average Bonchev–Trinajstić information content (AvgIpc) is 3.14. The van der Waals surface area contributed by atoms with Gasteiger partial charge in [-0.05, 0) is 37.5 Å². The van der Waals surface area contributed by atoms with Crippen molar-refractivity contribution in [2.75, 3.05) is 5.32 Å². The van der Waals surface area contributed by atoms with Crippen molar-refractivity contribution in [3.63, 3.8) is 0 Å². The van der Waals surface area contributed by atoms with Gasteiger partial charge < -0.3 is 14.5 Å². The van der Waals surface area contributed by atoms with Crippen molar-refractivity contribution in [1.29, 1.82) is 0 Å². The Labute approximate surface area is 201 Å². The van der Waals surface area contributed by atoms with Gasteiger partial charge in [-0.2, -0.15) is 4.98 Å². The molecule has 2 aromatic rings. The van der Waals surface area contributed by atoms with Gasteiger partial charge in [-0.25, -0.2) is 4.79 Å². The Morgan fingerprint density at radius 3 is 2.59 bits per heavy atom. The lowest BCUT2D eigenvalue weighted by atomic mass is 10.1. The Morgan fingerprint density at radius 1 is 1.32 bits per heavy atom. The fourth-order valence-electron chi connectivity index (χ4n) is 3.94. The summed E-state index contributed by atoms with van der Waals surface area (Å²) in [5, 5.41) is 14.5. The molecular formula is C24H36N4O5Si. The molecule has 9 nitrogen and oxygen atoms in total. The van der Waals surface area contributed by atoms with Gasteiger partial charge in [-0.15, -0.1) is 0 Å². The van der Waals surface area contributed by atoms with Crippen molar-refractivity contribution >= 4 is 19.8 Å². The number of nitro benzene ring substituents is 1. The first kappa shape index (κ1) is 26.0. The fourth-order valence-corrected chi connectivity index (χ4v) is 5.30. The number of ether oxygens (including phenoxy) is 1. The summed E-state index contributed by atoms with van der Waals surface area (Å²) in [6, 6.07) is 7.81. The Morgan fingerprint density at radius 2 is 2.00 bits per heavy atom. The summed E-state index contributed by atoms with van der Waals surface area (Å²) in [7, 11) is -1.99. The number of hydrogen-bond acceptors (Lipinski definition) is 7. The minimum atomic E-state index is -1.99. The molecule has 34 heavy (non-hydrogen) atoms. The smallest absolute Gasteiger partial charge is 0.351 e. The number of aromatic nitrogens is 2. The van der Waals surface area contributed by atoms with Crippen LogP contribution >= 0.6 is 0 Å². The number of hydrogen-bond donors (Lipinski definition) is 1. The van der Waals surface area contributed by atoms with E-state index in [1.807, 2.05) is 0 Å². The maximum Gasteiger partial charge on any atom is 0.351 e. The normalized spacial score (nSPS) is 21.9. The highest BCUT2D eigenvalue weighted by Gasteiger charge is 2.44. The highest BCUT2D eigenvalue weighted by molar-refractivity contribution is 6.74. The molecule has 1 aliphatic heterocycles. The Balaban J connectivity index is 1.75. The molecule has 0 bridgehead atoms. The number of rotatable bonds is 8. The van der Waals surface area contributed by atoms with E-state index in [-0.39, 0.29) is 22.9 Å². The first-order valence-corrected chi connectivity index (χ1v) is 14.7. The van der Waals surface area contributed by atoms with Crippen LogP contribution in [0.2, 0.25) is 18.1 Å². The van der Waals surface area contributed by atoms with Gasteiger partial charge in [0, 0.05) is 18.7 Å². The standard InChI is InChI=1S/C24H36N4O5Si/c1-8-19-20(33-34(6,7)24(3,4)5)15-22(32-19)27-14-13-21(26-23(27)29)25-16(2)17-11-9-10-12-18(17)28(30)31/h9-14,16,19-20,22H,8,15H2,1-7H3,(H,25,26,29)/t16?,19-,20-,22-/m1/s1. The molecule has 3 rings (SSSR count). The van der Waals surface area contributed by atoms with Crippen molar-refractivity contribution in [2.24, 2.45) is 0 Å². The third-order valence-electron chi connectivity index (χ3n) is 6.94. The lowest BCUT2D eigenvalue weighted by Crippen LogP contribution is -2.45. The molecule has 1 aliphatic rings. The molecule has 1 fully saturated rings. The number of anilines is 1. The summed E-state index contributed by atoms with van der Waals surface area (Å²) < 4.78 is 14.3. The van der Waals surface area contributed by atoms with E-state index >= 15 is 0 Å². The number of nitro groups is 1. The van der Waals surface area contributed by atoms with E-state index in [1.54, 1.807) is 37.4 Å². The number of nitrogens with zero attached hydrogens (tertiary/aromatic N) is 3. The molecule has 0 aliphatic carbocycles. The first-order chi connectivity index (χ1) is 15.8. The number of benzene rings is 1. The molecule has 0 amide bonds. The summed E-state index contributed by atoms with van der Waals surface area (Å²) in [4.78, 5) is 27.9. The maximum absolute atomic E-state index is 12.9. The molecule has 10 heteroatoms. The summed E-state index contributed by atoms with van der Waals surface area (Å²) >= 11 is 0. The predicted octanol–water partition coefficient (Wildman–Crippen LogP) is 5.41. The van der Waals surface area contributed by atoms with E-state index in [9.17, 15) is 14.9 Å². The van der Waals surface area contributed by atoms with E-state index in [4.69, 9.17) is 9.16 Å². The maximum atomic E-state index is 12.9. The third-order valence-corrected chi connectivity index (χ3v) is 11.4. The van der Waals surface area contributed by atoms with Crippen molar-refractivity contribution < 1.29 is 14.1 Å². The molecular weight excluding hydrogens is 452 g/mol. The van der Waals surface area contributed by atoms with Gasteiger partial charge in [0.2, 0.25) is 0 Å². The lowest BCUT2D eigenvalue weighted by Gasteiger charge is -2.39. The van der Waals surface area contributed by atoms with Crippen LogP contribution in [0.5, 0.6) is 0 Å². The van der Waals surface area contributed by atoms with Crippen LogP contribution in [0.25, 0.3) is 0 Å². The number of nitrogens with one attached hydrogen (secondary N) is 1. The summed E-state index contributed by atoms with van der Waals surface area (Å²) in [5.41, 5.74) is 0.107. The van der Waals surface area contributed by atoms with Gasteiger partial charge in [0.05, 0.1) is 28.7 Å². The van der Waals surface area contributed by atoms with Crippen molar-refractivity contribution in [3.05, 3.63) is 62.7 Å². The van der Waals surface area contributed by atoms with Gasteiger partial charge in [-0.3, -0.25) is 14.7 Å². The van der Waals surface area contributed by atoms with Gasteiger partial charge in [0.1, 0.15) is 12.0 Å². The van der Waals surface area contributed by atoms with Crippen LogP contribution in [-0.4, -0.2) is 35.0 Å². The van der Waals surface area contributed by atoms with Crippen LogP contribution in [0, 0.1) is 10.1 Å². The van der Waals surface area contributed by atoms with E-state index in [0.29, 0.717) is 17.8 Å². The Kier molecular flexibility index (Phi) is 7.64. The van der Waals surface area contributed by atoms with E-state index in [0.717, 1.165) is 6.42 Å². The molecule has 1 N–H and O–H groups in total. The second-order valence-electron chi connectivity index (χ2n) is 10.4. The quantitative estimate of drug-likeness (QED) is 0.300. The van der Waals surface area contributed by atoms with Crippen LogP contribution in [0.15, 0.2) is 41.3 Å². The van der Waals surface area contributed by atoms with Gasteiger partial charge >= 0.3 is 5.69 Å². The second kappa shape index (κ2) is 9.97. The van der Waals surface area contributed by atoms with E-state index in [1.165, 1.54) is 10.6 Å². The summed E-state index contributed by atoms with van der Waals surface area (Å²) in [6.07, 6.45) is 2.45. The average molecular weight is 489 g/mol. The Bertz CT molecular complexity index is 1080. The van der Waals surface area contributed by atoms with Crippen molar-refractivity contribution in [1.82, 2.24) is 9.55 Å². The molecule has 1 aromatic heterocycles. The molecule has 1 saturated heterocycles. The van der Waals surface area contributed by atoms with Crippen LogP contribution in [0.4, 0.5) is 11.5 Å². The zero-order valence-electron chi connectivity index (χ0n) is 21.1. The fraction of sp³-hybridized carbons (Fsp3) is 0.583. The first-order valence-electron chi connectivity index (χ1n) is 11.8. The monoisotopic (exact) mass is 488 g/mol. The van der Waals surface area contributed by atoms with Crippen LogP contribution in [0.3, 0.4) is 0 Å². The second-order valence-corrected chi connectivity index (χ2v) is 15.1. The molecule has 1 aromatic carbocycles. The molecule has 1 unspecified atom stereocenters. The van der Waals surface area contributed by atoms with Gasteiger partial charge in [0.25, 0.3) is 5.69 Å². The minimum Gasteiger partial charge on any atom is -0.411 e. The SMILES string of the molecule is CC[C@H]1O[C@@H](n2ccc(NC(C)c3ccccc3[N+](=O)[O-])nc2=O)C[C@H]1O[Si](C)(C)C(C)(C)C. The van der Waals surface area contributed by atoms with Crippen LogP contribution in [0.1, 0.15) is 65.3 Å². The van der Waals surface area contributed by atoms with Crippen molar-refractivity contribution in [3.8, 4) is 0 Å². The van der Waals surface area contributed by atoms with E-state index in [2.05, 4.69) is 51.1 Å². The van der Waals surface area contributed by atoms with E-state index < -0.39 is 31.2 Å². The highest BCUT2D eigenvalue weighted by atomic mass is 28.4. The van der Waals surface area contributed by atoms with Crippen molar-refractivity contribution in [2.45, 2.75) is 90.1 Å². The molecule has 4 atom stereocenters. The molecule has 0 saturated carbocycles. The molecule has 0 radical (unpaired) electrons. The van der Waals surface area contributed by atoms with Crippen LogP contribution in [-0.2, 0) is 9.16 Å². The topological polar surface area (TPSA) is 109 Å². The molecule has 186 valence electrons. The molecule has 2 heterocycles. The number of para-hydroxylation sites is 1. The zero-order valence-corrected chi connectivity index (χ0v) is 22.1. The van der Waals surface area contributed by atoms with Crippen LogP contribution < -0.4 is 11.0 Å². The largest absolute Gasteiger partial charge is 0.411 e. The predicted molar refractivity (Wildman–Crippen MR) is 135 cm³/mol. The van der Waals surface area contributed by atoms with Gasteiger partial charge in [0.15, 0.2) is 8.32 Å². The minimum absolute atomic E-state index is 0.0218. The highest BCUT2D eigenvalue weighted by Crippen LogP contribution is 2.41.